The molecule has 1 heterocycles. The lowest BCUT2D eigenvalue weighted by atomic mass is 9.81. The average molecular weight is 324 g/mol. The fourth-order valence-electron chi connectivity index (χ4n) is 3.32. The van der Waals surface area contributed by atoms with Crippen LogP contribution in [0.2, 0.25) is 0 Å². The summed E-state index contributed by atoms with van der Waals surface area (Å²) >= 11 is 0. The predicted molar refractivity (Wildman–Crippen MR) is 82.2 cm³/mol. The Morgan fingerprint density at radius 1 is 1.30 bits per heavy atom. The lowest BCUT2D eigenvalue weighted by molar-refractivity contribution is -0.157. The Labute approximate surface area is 135 Å². The molecule has 2 N–H and O–H groups in total. The van der Waals surface area contributed by atoms with Gasteiger partial charge in [-0.1, -0.05) is 18.6 Å². The van der Waals surface area contributed by atoms with Crippen LogP contribution in [0.3, 0.4) is 0 Å². The summed E-state index contributed by atoms with van der Waals surface area (Å²) in [6, 6.07) is 0. The maximum atomic E-state index is 12.0. The number of hydrogen-bond acceptors (Lipinski definition) is 6. The van der Waals surface area contributed by atoms with E-state index in [4.69, 9.17) is 9.47 Å². The summed E-state index contributed by atoms with van der Waals surface area (Å²) < 4.78 is 10.7. The standard InChI is InChI=1S/C17H24O6/c1-8-5-12(19)7-9(2)15(20)16(22-11(4)18)14-10(3)17(21)23-13(14)6-8/h6-7,10,12-16,19-20H,5H2,1-4H3/b8-6+,9-7+/t10-,12-,13+,14-,15-,16+/m0/s1. The molecule has 0 amide bonds. The van der Waals surface area contributed by atoms with E-state index in [0.29, 0.717) is 12.0 Å². The fraction of sp³-hybridized carbons (Fsp3) is 0.647. The second kappa shape index (κ2) is 6.84. The zero-order valence-corrected chi connectivity index (χ0v) is 13.9. The number of aliphatic hydroxyl groups excluding tert-OH is 2. The van der Waals surface area contributed by atoms with Crippen LogP contribution < -0.4 is 0 Å². The molecule has 0 saturated carbocycles. The number of rotatable bonds is 1. The SMILES string of the molecule is CC(=O)O[C@@H]1[C@H]2[C@H](C)C(=O)O[C@@H]2/C=C(\C)C[C@H](O)/C=C(\C)[C@@H]1O. The summed E-state index contributed by atoms with van der Waals surface area (Å²) in [5.74, 6) is -1.89. The summed E-state index contributed by atoms with van der Waals surface area (Å²) in [6.07, 6.45) is 0.347. The maximum Gasteiger partial charge on any atom is 0.309 e. The molecule has 2 aliphatic rings. The van der Waals surface area contributed by atoms with Gasteiger partial charge in [0.1, 0.15) is 18.3 Å². The number of hydrogen-bond donors (Lipinski definition) is 2. The van der Waals surface area contributed by atoms with E-state index < -0.39 is 42.2 Å². The summed E-state index contributed by atoms with van der Waals surface area (Å²) in [5, 5.41) is 20.7. The highest BCUT2D eigenvalue weighted by molar-refractivity contribution is 5.75. The van der Waals surface area contributed by atoms with Crippen LogP contribution in [-0.2, 0) is 19.1 Å². The van der Waals surface area contributed by atoms with E-state index in [1.54, 1.807) is 26.0 Å². The minimum Gasteiger partial charge on any atom is -0.459 e. The number of aliphatic hydroxyl groups is 2. The van der Waals surface area contributed by atoms with Crippen molar-refractivity contribution >= 4 is 11.9 Å². The first-order valence-electron chi connectivity index (χ1n) is 7.80. The van der Waals surface area contributed by atoms with Crippen LogP contribution in [-0.4, -0.2) is 46.6 Å². The molecule has 0 bridgehead atoms. The van der Waals surface area contributed by atoms with Gasteiger partial charge in [0.25, 0.3) is 0 Å². The maximum absolute atomic E-state index is 12.0. The first-order chi connectivity index (χ1) is 10.7. The van der Waals surface area contributed by atoms with E-state index in [1.807, 2.05) is 6.92 Å². The van der Waals surface area contributed by atoms with E-state index in [1.165, 1.54) is 6.92 Å². The molecule has 128 valence electrons. The molecule has 1 aliphatic carbocycles. The van der Waals surface area contributed by atoms with Crippen molar-refractivity contribution in [2.45, 2.75) is 58.5 Å². The normalized spacial score (nSPS) is 42.6. The molecule has 0 aromatic heterocycles. The topological polar surface area (TPSA) is 93.1 Å². The third-order valence-electron chi connectivity index (χ3n) is 4.48. The second-order valence-corrected chi connectivity index (χ2v) is 6.48. The molecule has 1 saturated heterocycles. The molecule has 6 nitrogen and oxygen atoms in total. The minimum absolute atomic E-state index is 0.380. The van der Waals surface area contributed by atoms with Crippen LogP contribution in [0.25, 0.3) is 0 Å². The van der Waals surface area contributed by atoms with Crippen LogP contribution in [0, 0.1) is 11.8 Å². The van der Waals surface area contributed by atoms with Crippen molar-refractivity contribution in [3.05, 3.63) is 23.3 Å². The van der Waals surface area contributed by atoms with Crippen LogP contribution in [0.5, 0.6) is 0 Å². The third kappa shape index (κ3) is 3.82. The van der Waals surface area contributed by atoms with Gasteiger partial charge in [0.2, 0.25) is 0 Å². The highest BCUT2D eigenvalue weighted by Gasteiger charge is 2.49. The zero-order valence-electron chi connectivity index (χ0n) is 13.9. The molecule has 0 aromatic carbocycles. The number of ether oxygens (including phenoxy) is 2. The lowest BCUT2D eigenvalue weighted by Gasteiger charge is -2.32. The van der Waals surface area contributed by atoms with E-state index in [2.05, 4.69) is 0 Å². The summed E-state index contributed by atoms with van der Waals surface area (Å²) in [7, 11) is 0. The van der Waals surface area contributed by atoms with Crippen molar-refractivity contribution in [2.24, 2.45) is 11.8 Å². The highest BCUT2D eigenvalue weighted by Crippen LogP contribution is 2.37. The predicted octanol–water partition coefficient (Wildman–Crippen LogP) is 1.11. The molecule has 1 fully saturated rings. The number of esters is 2. The van der Waals surface area contributed by atoms with Gasteiger partial charge in [-0.15, -0.1) is 0 Å². The van der Waals surface area contributed by atoms with Gasteiger partial charge in [0.15, 0.2) is 0 Å². The van der Waals surface area contributed by atoms with Crippen LogP contribution >= 0.6 is 0 Å². The second-order valence-electron chi connectivity index (χ2n) is 6.48. The van der Waals surface area contributed by atoms with Crippen molar-refractivity contribution in [1.29, 1.82) is 0 Å². The van der Waals surface area contributed by atoms with Crippen molar-refractivity contribution < 1.29 is 29.3 Å². The highest BCUT2D eigenvalue weighted by atomic mass is 16.6. The molecule has 0 radical (unpaired) electrons. The number of fused-ring (bicyclic) bond motifs is 1. The zero-order chi connectivity index (χ0) is 17.3. The van der Waals surface area contributed by atoms with Gasteiger partial charge < -0.3 is 19.7 Å². The molecule has 23 heavy (non-hydrogen) atoms. The number of carbonyl (C=O) groups is 2. The molecular formula is C17H24O6. The largest absolute Gasteiger partial charge is 0.459 e. The Kier molecular flexibility index (Phi) is 5.26. The van der Waals surface area contributed by atoms with Crippen molar-refractivity contribution in [1.82, 2.24) is 0 Å². The van der Waals surface area contributed by atoms with Gasteiger partial charge in [-0.05, 0) is 31.9 Å². The van der Waals surface area contributed by atoms with Gasteiger partial charge in [0.05, 0.1) is 17.9 Å². The van der Waals surface area contributed by atoms with E-state index in [9.17, 15) is 19.8 Å². The lowest BCUT2D eigenvalue weighted by Crippen LogP contribution is -2.44. The molecule has 0 aromatic rings. The van der Waals surface area contributed by atoms with Crippen LogP contribution in [0.15, 0.2) is 23.3 Å². The smallest absolute Gasteiger partial charge is 0.309 e. The van der Waals surface area contributed by atoms with Gasteiger partial charge in [0, 0.05) is 6.92 Å². The Balaban J connectivity index is 2.49. The average Bonchev–Trinajstić information content (AvgIpc) is 2.69. The van der Waals surface area contributed by atoms with Gasteiger partial charge in [-0.25, -0.2) is 0 Å². The van der Waals surface area contributed by atoms with Crippen molar-refractivity contribution in [3.8, 4) is 0 Å². The quantitative estimate of drug-likeness (QED) is 0.554. The Morgan fingerprint density at radius 3 is 2.57 bits per heavy atom. The third-order valence-corrected chi connectivity index (χ3v) is 4.48. The van der Waals surface area contributed by atoms with Crippen LogP contribution in [0.1, 0.15) is 34.1 Å². The summed E-state index contributed by atoms with van der Waals surface area (Å²) in [4.78, 5) is 23.5. The first-order valence-corrected chi connectivity index (χ1v) is 7.80. The molecule has 1 aliphatic heterocycles. The molecule has 0 spiro atoms. The Morgan fingerprint density at radius 2 is 1.96 bits per heavy atom. The molecule has 6 atom stereocenters. The van der Waals surface area contributed by atoms with Crippen molar-refractivity contribution in [2.75, 3.05) is 0 Å². The number of carbonyl (C=O) groups excluding carboxylic acids is 2. The Hall–Kier alpha value is -1.66. The van der Waals surface area contributed by atoms with Gasteiger partial charge in [-0.2, -0.15) is 0 Å². The first kappa shape index (κ1) is 17.7. The van der Waals surface area contributed by atoms with Crippen LogP contribution in [0.4, 0.5) is 0 Å². The minimum atomic E-state index is -1.11. The fourth-order valence-corrected chi connectivity index (χ4v) is 3.32. The van der Waals surface area contributed by atoms with Gasteiger partial charge >= 0.3 is 11.9 Å². The molecule has 2 rings (SSSR count). The molecule has 0 unspecified atom stereocenters. The van der Waals surface area contributed by atoms with E-state index in [0.717, 1.165) is 5.57 Å². The van der Waals surface area contributed by atoms with Crippen molar-refractivity contribution in [3.63, 3.8) is 0 Å². The molecular weight excluding hydrogens is 300 g/mol. The Bertz CT molecular complexity index is 549. The van der Waals surface area contributed by atoms with E-state index >= 15 is 0 Å². The van der Waals surface area contributed by atoms with Gasteiger partial charge in [-0.3, -0.25) is 9.59 Å². The summed E-state index contributed by atoms with van der Waals surface area (Å²) in [5.41, 5.74) is 1.38. The monoisotopic (exact) mass is 324 g/mol. The summed E-state index contributed by atoms with van der Waals surface area (Å²) in [6.45, 7) is 6.48. The van der Waals surface area contributed by atoms with E-state index in [-0.39, 0.29) is 5.97 Å². The molecule has 6 heteroatoms.